The minimum Gasteiger partial charge on any atom is -0.395 e. The highest BCUT2D eigenvalue weighted by Gasteiger charge is 2.27. The third-order valence-electron chi connectivity index (χ3n) is 4.20. The number of aliphatic hydroxyl groups excluding tert-OH is 2. The first-order chi connectivity index (χ1) is 8.83. The van der Waals surface area contributed by atoms with Crippen LogP contribution in [0.5, 0.6) is 0 Å². The van der Waals surface area contributed by atoms with Crippen LogP contribution >= 0.6 is 0 Å². The first kappa shape index (κ1) is 14.2. The zero-order valence-electron chi connectivity index (χ0n) is 11.2. The van der Waals surface area contributed by atoms with Gasteiger partial charge in [-0.3, -0.25) is 4.90 Å². The second-order valence-electron chi connectivity index (χ2n) is 5.52. The van der Waals surface area contributed by atoms with Crippen LogP contribution < -0.4 is 5.32 Å². The van der Waals surface area contributed by atoms with E-state index in [9.17, 15) is 10.2 Å². The lowest BCUT2D eigenvalue weighted by Gasteiger charge is -2.40. The van der Waals surface area contributed by atoms with Crippen molar-refractivity contribution in [1.82, 2.24) is 15.1 Å². The SMILES string of the molecule is OCC1CN(CCN2CCCCC2)C(CO)CN1. The molecule has 0 aromatic rings. The molecule has 0 radical (unpaired) electrons. The highest BCUT2D eigenvalue weighted by Crippen LogP contribution is 2.10. The zero-order valence-corrected chi connectivity index (χ0v) is 11.2. The van der Waals surface area contributed by atoms with Gasteiger partial charge in [0.2, 0.25) is 0 Å². The lowest BCUT2D eigenvalue weighted by atomic mass is 10.1. The lowest BCUT2D eigenvalue weighted by molar-refractivity contribution is 0.0545. The largest absolute Gasteiger partial charge is 0.395 e. The number of rotatable bonds is 5. The molecule has 2 saturated heterocycles. The number of nitrogens with one attached hydrogen (secondary N) is 1. The Balaban J connectivity index is 1.76. The quantitative estimate of drug-likeness (QED) is 0.596. The van der Waals surface area contributed by atoms with Gasteiger partial charge >= 0.3 is 0 Å². The van der Waals surface area contributed by atoms with Crippen LogP contribution in [0.3, 0.4) is 0 Å². The van der Waals surface area contributed by atoms with Gasteiger partial charge < -0.3 is 20.4 Å². The molecule has 5 heteroatoms. The van der Waals surface area contributed by atoms with Gasteiger partial charge in [0.1, 0.15) is 0 Å². The fourth-order valence-electron chi connectivity index (χ4n) is 2.96. The van der Waals surface area contributed by atoms with Crippen LogP contribution in [0.2, 0.25) is 0 Å². The normalized spacial score (nSPS) is 31.7. The number of nitrogens with zero attached hydrogens (tertiary/aromatic N) is 2. The molecule has 2 rings (SSSR count). The number of aliphatic hydroxyl groups is 2. The van der Waals surface area contributed by atoms with E-state index in [0.29, 0.717) is 0 Å². The summed E-state index contributed by atoms with van der Waals surface area (Å²) in [6.45, 7) is 6.54. The molecule has 0 saturated carbocycles. The van der Waals surface area contributed by atoms with Crippen molar-refractivity contribution in [2.75, 3.05) is 52.5 Å². The number of piperidine rings is 1. The van der Waals surface area contributed by atoms with Gasteiger partial charge in [-0.15, -0.1) is 0 Å². The Labute approximate surface area is 110 Å². The Kier molecular flexibility index (Phi) is 5.85. The minimum atomic E-state index is 0.161. The van der Waals surface area contributed by atoms with Gasteiger partial charge in [0.05, 0.1) is 13.2 Å². The number of likely N-dealkylation sites (tertiary alicyclic amines) is 1. The maximum Gasteiger partial charge on any atom is 0.0599 e. The van der Waals surface area contributed by atoms with E-state index in [-0.39, 0.29) is 25.3 Å². The number of hydrogen-bond donors (Lipinski definition) is 3. The highest BCUT2D eigenvalue weighted by atomic mass is 16.3. The smallest absolute Gasteiger partial charge is 0.0599 e. The molecule has 2 atom stereocenters. The fourth-order valence-corrected chi connectivity index (χ4v) is 2.96. The minimum absolute atomic E-state index is 0.161. The van der Waals surface area contributed by atoms with E-state index in [4.69, 9.17) is 0 Å². The summed E-state index contributed by atoms with van der Waals surface area (Å²) in [4.78, 5) is 4.85. The molecule has 3 N–H and O–H groups in total. The molecule has 18 heavy (non-hydrogen) atoms. The van der Waals surface area contributed by atoms with E-state index in [1.165, 1.54) is 32.4 Å². The first-order valence-corrected chi connectivity index (χ1v) is 7.25. The molecule has 2 heterocycles. The van der Waals surface area contributed by atoms with E-state index in [1.807, 2.05) is 0 Å². The van der Waals surface area contributed by atoms with Crippen LogP contribution in [0, 0.1) is 0 Å². The van der Waals surface area contributed by atoms with Crippen LogP contribution in [0.4, 0.5) is 0 Å². The van der Waals surface area contributed by atoms with Crippen molar-refractivity contribution < 1.29 is 10.2 Å². The number of hydrogen-bond acceptors (Lipinski definition) is 5. The van der Waals surface area contributed by atoms with Gasteiger partial charge in [0.15, 0.2) is 0 Å². The van der Waals surface area contributed by atoms with Crippen molar-refractivity contribution in [2.24, 2.45) is 0 Å². The van der Waals surface area contributed by atoms with Crippen molar-refractivity contribution in [3.05, 3.63) is 0 Å². The van der Waals surface area contributed by atoms with Crippen LogP contribution in [0.1, 0.15) is 19.3 Å². The second-order valence-corrected chi connectivity index (χ2v) is 5.52. The Bertz CT molecular complexity index is 234. The van der Waals surface area contributed by atoms with Crippen molar-refractivity contribution in [3.63, 3.8) is 0 Å². The van der Waals surface area contributed by atoms with E-state index in [0.717, 1.165) is 26.2 Å². The molecule has 0 aromatic carbocycles. The molecule has 0 aliphatic carbocycles. The van der Waals surface area contributed by atoms with Crippen molar-refractivity contribution in [2.45, 2.75) is 31.3 Å². The first-order valence-electron chi connectivity index (χ1n) is 7.25. The van der Waals surface area contributed by atoms with Gasteiger partial charge in [-0.2, -0.15) is 0 Å². The summed E-state index contributed by atoms with van der Waals surface area (Å²) < 4.78 is 0. The van der Waals surface area contributed by atoms with E-state index in [2.05, 4.69) is 15.1 Å². The number of piperazine rings is 1. The molecule has 2 unspecified atom stereocenters. The Morgan fingerprint density at radius 2 is 1.78 bits per heavy atom. The van der Waals surface area contributed by atoms with Gasteiger partial charge in [0.25, 0.3) is 0 Å². The van der Waals surface area contributed by atoms with E-state index in [1.54, 1.807) is 0 Å². The van der Waals surface area contributed by atoms with Crippen LogP contribution in [-0.4, -0.2) is 84.6 Å². The highest BCUT2D eigenvalue weighted by molar-refractivity contribution is 4.86. The molecular weight excluding hydrogens is 230 g/mol. The molecule has 2 aliphatic rings. The maximum atomic E-state index is 9.40. The standard InChI is InChI=1S/C13H27N3O2/c17-10-12-9-16(13(11-18)8-14-12)7-6-15-4-2-1-3-5-15/h12-14,17-18H,1-11H2. The molecule has 2 aliphatic heterocycles. The van der Waals surface area contributed by atoms with Crippen LogP contribution in [0.25, 0.3) is 0 Å². The molecule has 0 aromatic heterocycles. The summed E-state index contributed by atoms with van der Waals surface area (Å²) in [5.74, 6) is 0. The molecule has 0 bridgehead atoms. The molecule has 106 valence electrons. The Morgan fingerprint density at radius 3 is 2.44 bits per heavy atom. The van der Waals surface area contributed by atoms with Crippen LogP contribution in [0.15, 0.2) is 0 Å². The molecular formula is C13H27N3O2. The monoisotopic (exact) mass is 257 g/mol. The molecule has 0 amide bonds. The van der Waals surface area contributed by atoms with Crippen LogP contribution in [-0.2, 0) is 0 Å². The van der Waals surface area contributed by atoms with Gasteiger partial charge in [-0.25, -0.2) is 0 Å². The summed E-state index contributed by atoms with van der Waals surface area (Å²) in [6, 6.07) is 0.367. The van der Waals surface area contributed by atoms with Gasteiger partial charge in [-0.05, 0) is 25.9 Å². The molecule has 2 fully saturated rings. The summed E-state index contributed by atoms with van der Waals surface area (Å²) in [7, 11) is 0. The summed E-state index contributed by atoms with van der Waals surface area (Å²) in [6.07, 6.45) is 4.02. The van der Waals surface area contributed by atoms with Gasteiger partial charge in [0, 0.05) is 38.3 Å². The maximum absolute atomic E-state index is 9.40. The van der Waals surface area contributed by atoms with Crippen molar-refractivity contribution >= 4 is 0 Å². The predicted molar refractivity (Wildman–Crippen MR) is 71.6 cm³/mol. The van der Waals surface area contributed by atoms with Crippen molar-refractivity contribution in [3.8, 4) is 0 Å². The molecule has 5 nitrogen and oxygen atoms in total. The Morgan fingerprint density at radius 1 is 1.00 bits per heavy atom. The summed E-state index contributed by atoms with van der Waals surface area (Å²) >= 11 is 0. The second kappa shape index (κ2) is 7.40. The van der Waals surface area contributed by atoms with E-state index >= 15 is 0 Å². The third-order valence-corrected chi connectivity index (χ3v) is 4.20. The average Bonchev–Trinajstić information content (AvgIpc) is 2.45. The third kappa shape index (κ3) is 3.90. The Hall–Kier alpha value is -0.200. The lowest BCUT2D eigenvalue weighted by Crippen LogP contribution is -2.60. The molecule has 0 spiro atoms. The average molecular weight is 257 g/mol. The summed E-state index contributed by atoms with van der Waals surface area (Å²) in [5.41, 5.74) is 0. The zero-order chi connectivity index (χ0) is 12.8. The topological polar surface area (TPSA) is 59.0 Å². The van der Waals surface area contributed by atoms with Gasteiger partial charge in [-0.1, -0.05) is 6.42 Å². The van der Waals surface area contributed by atoms with E-state index < -0.39 is 0 Å². The fraction of sp³-hybridized carbons (Fsp3) is 1.00. The van der Waals surface area contributed by atoms with Crippen molar-refractivity contribution in [1.29, 1.82) is 0 Å². The predicted octanol–water partition coefficient (Wildman–Crippen LogP) is -0.901. The summed E-state index contributed by atoms with van der Waals surface area (Å²) in [5, 5.41) is 21.9.